The molecule has 1 atom stereocenters. The van der Waals surface area contributed by atoms with Crippen molar-refractivity contribution in [1.29, 1.82) is 0 Å². The van der Waals surface area contributed by atoms with Crippen LogP contribution in [0.25, 0.3) is 0 Å². The fourth-order valence-electron chi connectivity index (χ4n) is 4.67. The van der Waals surface area contributed by atoms with Gasteiger partial charge in [-0.15, -0.1) is 0 Å². The fraction of sp³-hybridized carbons (Fsp3) is 0.300. The Morgan fingerprint density at radius 3 is 2.44 bits per heavy atom. The van der Waals surface area contributed by atoms with Crippen molar-refractivity contribution in [1.82, 2.24) is 14.1 Å². The third kappa shape index (κ3) is 6.46. The van der Waals surface area contributed by atoms with Gasteiger partial charge in [0.15, 0.2) is 23.0 Å². The number of imidazole rings is 1. The second kappa shape index (κ2) is 12.5. The maximum absolute atomic E-state index is 13.8. The van der Waals surface area contributed by atoms with Gasteiger partial charge in [-0.2, -0.15) is 0 Å². The Kier molecular flexibility index (Phi) is 8.86. The van der Waals surface area contributed by atoms with Crippen LogP contribution in [0.15, 0.2) is 59.7 Å². The van der Waals surface area contributed by atoms with Crippen LogP contribution in [0.1, 0.15) is 40.5 Å². The highest BCUT2D eigenvalue weighted by Gasteiger charge is 2.27. The summed E-state index contributed by atoms with van der Waals surface area (Å²) in [5.41, 5.74) is 1.35. The standard InChI is InChI=1S/C30H33N3O8/c1-18-13-24(36)29(30(38)33(18)11-9-19-5-7-22(34)23(35)14-19)21(16-28(37)40-4)20-6-8-25(26(15-20)39-3)41-17-27-31-10-12-32(27)2/h5-8,10,12-15,21,34-36H,9,11,16-17H2,1-4H3/t21-/m0/s1. The normalized spacial score (nSPS) is 11.7. The van der Waals surface area contributed by atoms with Crippen molar-refractivity contribution >= 4 is 5.97 Å². The molecule has 0 aliphatic rings. The molecular weight excluding hydrogens is 530 g/mol. The van der Waals surface area contributed by atoms with E-state index in [-0.39, 0.29) is 42.4 Å². The van der Waals surface area contributed by atoms with Gasteiger partial charge in [0.2, 0.25) is 0 Å². The van der Waals surface area contributed by atoms with Crippen LogP contribution in [-0.4, -0.2) is 49.6 Å². The van der Waals surface area contributed by atoms with Crippen molar-refractivity contribution in [3.63, 3.8) is 0 Å². The summed E-state index contributed by atoms with van der Waals surface area (Å²) >= 11 is 0. The quantitative estimate of drug-likeness (QED) is 0.184. The number of hydrogen-bond donors (Lipinski definition) is 3. The van der Waals surface area contributed by atoms with E-state index < -0.39 is 17.4 Å². The summed E-state index contributed by atoms with van der Waals surface area (Å²) in [4.78, 5) is 30.5. The number of esters is 1. The zero-order chi connectivity index (χ0) is 29.7. The number of aryl methyl sites for hydroxylation is 3. The minimum absolute atomic E-state index is 0.0401. The number of phenolic OH excluding ortho intramolecular Hbond substituents is 2. The van der Waals surface area contributed by atoms with E-state index >= 15 is 0 Å². The highest BCUT2D eigenvalue weighted by molar-refractivity contribution is 5.71. The zero-order valence-electron chi connectivity index (χ0n) is 23.3. The number of nitrogens with zero attached hydrogens (tertiary/aromatic N) is 3. The third-order valence-electron chi connectivity index (χ3n) is 7.00. The van der Waals surface area contributed by atoms with Crippen LogP contribution < -0.4 is 15.0 Å². The van der Waals surface area contributed by atoms with E-state index in [1.165, 1.54) is 37.0 Å². The maximum atomic E-state index is 13.8. The van der Waals surface area contributed by atoms with Crippen LogP contribution in [0.2, 0.25) is 0 Å². The Labute approximate surface area is 236 Å². The average molecular weight is 564 g/mol. The van der Waals surface area contributed by atoms with Gasteiger partial charge in [0.25, 0.3) is 5.56 Å². The predicted octanol–water partition coefficient (Wildman–Crippen LogP) is 3.53. The number of aromatic nitrogens is 3. The van der Waals surface area contributed by atoms with Gasteiger partial charge in [-0.3, -0.25) is 9.59 Å². The summed E-state index contributed by atoms with van der Waals surface area (Å²) in [5, 5.41) is 30.4. The highest BCUT2D eigenvalue weighted by atomic mass is 16.5. The number of carbonyl (C=O) groups is 1. The second-order valence-corrected chi connectivity index (χ2v) is 9.60. The smallest absolute Gasteiger partial charge is 0.306 e. The molecule has 0 aliphatic carbocycles. The van der Waals surface area contributed by atoms with E-state index in [1.807, 2.05) is 17.8 Å². The SMILES string of the molecule is COC(=O)C[C@@H](c1ccc(OCc2nccn2C)c(OC)c1)c1c(O)cc(C)n(CCc2ccc(O)c(O)c2)c1=O. The molecule has 0 amide bonds. The van der Waals surface area contributed by atoms with Gasteiger partial charge in [-0.1, -0.05) is 12.1 Å². The van der Waals surface area contributed by atoms with Crippen molar-refractivity contribution in [3.05, 3.63) is 93.4 Å². The largest absolute Gasteiger partial charge is 0.507 e. The van der Waals surface area contributed by atoms with Crippen LogP contribution >= 0.6 is 0 Å². The lowest BCUT2D eigenvalue weighted by molar-refractivity contribution is -0.140. The van der Waals surface area contributed by atoms with Crippen molar-refractivity contribution < 1.29 is 34.3 Å². The van der Waals surface area contributed by atoms with Gasteiger partial charge in [0.05, 0.1) is 26.2 Å². The number of ether oxygens (including phenoxy) is 3. The highest BCUT2D eigenvalue weighted by Crippen LogP contribution is 2.37. The Hall–Kier alpha value is -4.93. The number of carbonyl (C=O) groups excluding carboxylic acids is 1. The molecule has 2 heterocycles. The molecule has 41 heavy (non-hydrogen) atoms. The third-order valence-corrected chi connectivity index (χ3v) is 7.00. The van der Waals surface area contributed by atoms with Crippen molar-refractivity contribution in [2.45, 2.75) is 38.8 Å². The molecule has 4 aromatic rings. The lowest BCUT2D eigenvalue weighted by Crippen LogP contribution is -2.29. The maximum Gasteiger partial charge on any atom is 0.306 e. The van der Waals surface area contributed by atoms with Gasteiger partial charge in [0, 0.05) is 37.6 Å². The summed E-state index contributed by atoms with van der Waals surface area (Å²) in [6.07, 6.45) is 3.65. The van der Waals surface area contributed by atoms with Crippen molar-refractivity contribution in [3.8, 4) is 28.7 Å². The van der Waals surface area contributed by atoms with Crippen LogP contribution in [0.3, 0.4) is 0 Å². The molecular formula is C30H33N3O8. The number of phenols is 2. The van der Waals surface area contributed by atoms with Gasteiger partial charge >= 0.3 is 5.97 Å². The first-order chi connectivity index (χ1) is 19.6. The molecule has 2 aromatic heterocycles. The van der Waals surface area contributed by atoms with Gasteiger partial charge < -0.3 is 38.7 Å². The molecule has 11 heteroatoms. The molecule has 0 radical (unpaired) electrons. The Morgan fingerprint density at radius 1 is 1.00 bits per heavy atom. The molecule has 2 aromatic carbocycles. The zero-order valence-corrected chi connectivity index (χ0v) is 23.3. The topological polar surface area (TPSA) is 145 Å². The Balaban J connectivity index is 1.70. The lowest BCUT2D eigenvalue weighted by atomic mass is 9.88. The summed E-state index contributed by atoms with van der Waals surface area (Å²) in [7, 11) is 4.60. The number of rotatable bonds is 11. The number of pyridine rings is 1. The fourth-order valence-corrected chi connectivity index (χ4v) is 4.67. The second-order valence-electron chi connectivity index (χ2n) is 9.60. The molecule has 0 saturated carbocycles. The van der Waals surface area contributed by atoms with Gasteiger partial charge in [0.1, 0.15) is 18.2 Å². The number of methoxy groups -OCH3 is 2. The Morgan fingerprint density at radius 2 is 1.78 bits per heavy atom. The summed E-state index contributed by atoms with van der Waals surface area (Å²) in [6.45, 7) is 2.13. The molecule has 0 aliphatic heterocycles. The minimum atomic E-state index is -0.850. The number of benzene rings is 2. The predicted molar refractivity (Wildman–Crippen MR) is 150 cm³/mol. The van der Waals surface area contributed by atoms with Crippen LogP contribution in [-0.2, 0) is 36.2 Å². The first-order valence-electron chi connectivity index (χ1n) is 12.9. The van der Waals surface area contributed by atoms with Crippen LogP contribution in [0.4, 0.5) is 0 Å². The summed E-state index contributed by atoms with van der Waals surface area (Å²) < 4.78 is 19.7. The number of hydrogen-bond acceptors (Lipinski definition) is 9. The molecule has 11 nitrogen and oxygen atoms in total. The molecule has 3 N–H and O–H groups in total. The van der Waals surface area contributed by atoms with Crippen LogP contribution in [0.5, 0.6) is 28.7 Å². The van der Waals surface area contributed by atoms with E-state index in [9.17, 15) is 24.9 Å². The van der Waals surface area contributed by atoms with Gasteiger partial charge in [-0.25, -0.2) is 4.98 Å². The van der Waals surface area contributed by atoms with Gasteiger partial charge in [-0.05, 0) is 54.8 Å². The first kappa shape index (κ1) is 29.1. The summed E-state index contributed by atoms with van der Waals surface area (Å²) in [5.74, 6) is -0.599. The van der Waals surface area contributed by atoms with Crippen molar-refractivity contribution in [2.75, 3.05) is 14.2 Å². The Bertz CT molecular complexity index is 1610. The van der Waals surface area contributed by atoms with E-state index in [4.69, 9.17) is 14.2 Å². The average Bonchev–Trinajstić information content (AvgIpc) is 3.37. The molecule has 4 rings (SSSR count). The minimum Gasteiger partial charge on any atom is -0.507 e. The first-order valence-corrected chi connectivity index (χ1v) is 12.9. The molecule has 0 saturated heterocycles. The van der Waals surface area contributed by atoms with E-state index in [2.05, 4.69) is 4.98 Å². The molecule has 0 bridgehead atoms. The van der Waals surface area contributed by atoms with E-state index in [0.717, 1.165) is 0 Å². The lowest BCUT2D eigenvalue weighted by Gasteiger charge is -2.21. The molecule has 0 unspecified atom stereocenters. The monoisotopic (exact) mass is 563 g/mol. The van der Waals surface area contributed by atoms with E-state index in [1.54, 1.807) is 37.4 Å². The molecule has 216 valence electrons. The van der Waals surface area contributed by atoms with Crippen molar-refractivity contribution in [2.24, 2.45) is 7.05 Å². The molecule has 0 fully saturated rings. The molecule has 0 spiro atoms. The number of aromatic hydroxyl groups is 3. The van der Waals surface area contributed by atoms with E-state index in [0.29, 0.717) is 40.6 Å². The van der Waals surface area contributed by atoms with Crippen LogP contribution in [0, 0.1) is 6.92 Å². The summed E-state index contributed by atoms with van der Waals surface area (Å²) in [6, 6.07) is 11.0.